The molecule has 25 heavy (non-hydrogen) atoms. The van der Waals surface area contributed by atoms with Crippen LogP contribution in [0.4, 0.5) is 5.69 Å². The van der Waals surface area contributed by atoms with Crippen LogP contribution in [-0.2, 0) is 10.8 Å². The number of phenolic OH excluding ortho intramolecular Hbond substituents is 1. The van der Waals surface area contributed by atoms with E-state index in [-0.39, 0.29) is 22.5 Å². The lowest BCUT2D eigenvalue weighted by Crippen LogP contribution is -2.19. The Morgan fingerprint density at radius 1 is 0.960 bits per heavy atom. The Morgan fingerprint density at radius 2 is 1.44 bits per heavy atom. The van der Waals surface area contributed by atoms with Gasteiger partial charge in [-0.15, -0.1) is 0 Å². The molecular formula is C21H26ClNO2. The van der Waals surface area contributed by atoms with Crippen LogP contribution >= 0.6 is 11.6 Å². The summed E-state index contributed by atoms with van der Waals surface area (Å²) in [6.45, 7) is 12.2. The first kappa shape index (κ1) is 19.3. The summed E-state index contributed by atoms with van der Waals surface area (Å²) in [4.78, 5) is 12.6. The summed E-state index contributed by atoms with van der Waals surface area (Å²) in [5.74, 6) is 0.0201. The maximum atomic E-state index is 12.6. The molecule has 0 saturated carbocycles. The van der Waals surface area contributed by atoms with Crippen LogP contribution in [0.3, 0.4) is 0 Å². The van der Waals surface area contributed by atoms with Crippen molar-refractivity contribution in [1.82, 2.24) is 0 Å². The van der Waals surface area contributed by atoms with Gasteiger partial charge in [0.25, 0.3) is 5.91 Å². The second kappa shape index (κ2) is 6.72. The fourth-order valence-corrected chi connectivity index (χ4v) is 2.92. The second-order valence-corrected chi connectivity index (χ2v) is 8.76. The minimum Gasteiger partial charge on any atom is -0.507 e. The van der Waals surface area contributed by atoms with Crippen molar-refractivity contribution in [3.05, 3.63) is 58.1 Å². The van der Waals surface area contributed by atoms with Gasteiger partial charge in [-0.2, -0.15) is 0 Å². The van der Waals surface area contributed by atoms with Crippen molar-refractivity contribution >= 4 is 23.2 Å². The maximum Gasteiger partial charge on any atom is 0.257 e. The van der Waals surface area contributed by atoms with E-state index in [1.54, 1.807) is 24.3 Å². The molecule has 0 fully saturated rings. The molecular weight excluding hydrogens is 334 g/mol. The van der Waals surface area contributed by atoms with Gasteiger partial charge in [-0.25, -0.2) is 0 Å². The third kappa shape index (κ3) is 4.35. The van der Waals surface area contributed by atoms with Gasteiger partial charge in [0.05, 0.1) is 10.6 Å². The molecule has 0 aliphatic heterocycles. The zero-order valence-corrected chi connectivity index (χ0v) is 16.5. The Bertz CT molecular complexity index is 763. The van der Waals surface area contributed by atoms with E-state index >= 15 is 0 Å². The van der Waals surface area contributed by atoms with Crippen LogP contribution in [0.2, 0.25) is 5.02 Å². The largest absolute Gasteiger partial charge is 0.507 e. The number of carbonyl (C=O) groups is 1. The Balaban J connectivity index is 2.51. The number of nitrogens with one attached hydrogen (secondary N) is 1. The molecule has 3 nitrogen and oxygen atoms in total. The van der Waals surface area contributed by atoms with Crippen LogP contribution in [0.15, 0.2) is 36.4 Å². The van der Waals surface area contributed by atoms with Gasteiger partial charge in [0.15, 0.2) is 0 Å². The topological polar surface area (TPSA) is 49.3 Å². The molecule has 0 aliphatic carbocycles. The van der Waals surface area contributed by atoms with Crippen molar-refractivity contribution < 1.29 is 9.90 Å². The molecule has 4 heteroatoms. The third-order valence-electron chi connectivity index (χ3n) is 4.10. The number of anilines is 1. The quantitative estimate of drug-likeness (QED) is 0.656. The number of halogens is 1. The van der Waals surface area contributed by atoms with Crippen molar-refractivity contribution in [2.24, 2.45) is 0 Å². The highest BCUT2D eigenvalue weighted by Gasteiger charge is 2.27. The molecule has 0 aliphatic rings. The summed E-state index contributed by atoms with van der Waals surface area (Å²) >= 11 is 6.12. The number of benzene rings is 2. The van der Waals surface area contributed by atoms with Gasteiger partial charge in [0, 0.05) is 16.8 Å². The molecule has 0 aromatic heterocycles. The number of aromatic hydroxyl groups is 1. The van der Waals surface area contributed by atoms with E-state index in [1.165, 1.54) is 0 Å². The SMILES string of the molecule is CC(C)(C)c1cc(NC(=O)c2ccccc2Cl)cc(C(C)(C)C)c1O. The van der Waals surface area contributed by atoms with Gasteiger partial charge in [-0.05, 0) is 35.1 Å². The molecule has 0 radical (unpaired) electrons. The van der Waals surface area contributed by atoms with Crippen LogP contribution in [0, 0.1) is 0 Å². The molecule has 1 amide bonds. The number of amides is 1. The summed E-state index contributed by atoms with van der Waals surface area (Å²) in [5, 5.41) is 14.1. The fourth-order valence-electron chi connectivity index (χ4n) is 2.69. The first-order chi connectivity index (χ1) is 11.4. The van der Waals surface area contributed by atoms with E-state index in [4.69, 9.17) is 11.6 Å². The summed E-state index contributed by atoms with van der Waals surface area (Å²) in [5.41, 5.74) is 2.16. The van der Waals surface area contributed by atoms with Gasteiger partial charge in [0.1, 0.15) is 5.75 Å². The summed E-state index contributed by atoms with van der Waals surface area (Å²) in [6.07, 6.45) is 0. The van der Waals surface area contributed by atoms with Crippen molar-refractivity contribution in [2.45, 2.75) is 52.4 Å². The smallest absolute Gasteiger partial charge is 0.257 e. The normalized spacial score (nSPS) is 12.1. The van der Waals surface area contributed by atoms with Gasteiger partial charge < -0.3 is 10.4 Å². The van der Waals surface area contributed by atoms with Gasteiger partial charge in [0.2, 0.25) is 0 Å². The molecule has 0 atom stereocenters. The lowest BCUT2D eigenvalue weighted by molar-refractivity contribution is 0.102. The average molecular weight is 360 g/mol. The third-order valence-corrected chi connectivity index (χ3v) is 4.43. The van der Waals surface area contributed by atoms with E-state index in [9.17, 15) is 9.90 Å². The molecule has 2 N–H and O–H groups in total. The van der Waals surface area contributed by atoms with Gasteiger partial charge in [-0.3, -0.25) is 4.79 Å². The van der Waals surface area contributed by atoms with Crippen LogP contribution in [0.25, 0.3) is 0 Å². The van der Waals surface area contributed by atoms with Gasteiger partial charge in [-0.1, -0.05) is 65.3 Å². The van der Waals surface area contributed by atoms with Crippen molar-refractivity contribution in [3.8, 4) is 5.75 Å². The van der Waals surface area contributed by atoms with E-state index in [1.807, 2.05) is 53.7 Å². The highest BCUT2D eigenvalue weighted by Crippen LogP contribution is 2.41. The van der Waals surface area contributed by atoms with Crippen LogP contribution in [-0.4, -0.2) is 11.0 Å². The Hall–Kier alpha value is -2.00. The average Bonchev–Trinajstić information content (AvgIpc) is 2.46. The number of hydrogen-bond acceptors (Lipinski definition) is 2. The van der Waals surface area contributed by atoms with Gasteiger partial charge >= 0.3 is 0 Å². The molecule has 134 valence electrons. The molecule has 2 aromatic carbocycles. The lowest BCUT2D eigenvalue weighted by atomic mass is 9.79. The van der Waals surface area contributed by atoms with Crippen molar-refractivity contribution in [3.63, 3.8) is 0 Å². The van der Waals surface area contributed by atoms with E-state index in [2.05, 4.69) is 5.32 Å². The summed E-state index contributed by atoms with van der Waals surface area (Å²) in [6, 6.07) is 10.6. The van der Waals surface area contributed by atoms with Crippen LogP contribution in [0.5, 0.6) is 5.75 Å². The molecule has 0 bridgehead atoms. The zero-order valence-electron chi connectivity index (χ0n) is 15.7. The van der Waals surface area contributed by atoms with Crippen LogP contribution < -0.4 is 5.32 Å². The molecule has 0 saturated heterocycles. The number of carbonyl (C=O) groups excluding carboxylic acids is 1. The first-order valence-electron chi connectivity index (χ1n) is 8.35. The maximum absolute atomic E-state index is 12.6. The lowest BCUT2D eigenvalue weighted by Gasteiger charge is -2.28. The van der Waals surface area contributed by atoms with E-state index in [0.717, 1.165) is 11.1 Å². The zero-order chi connectivity index (χ0) is 19.0. The molecule has 2 rings (SSSR count). The predicted molar refractivity (Wildman–Crippen MR) is 105 cm³/mol. The second-order valence-electron chi connectivity index (χ2n) is 8.35. The highest BCUT2D eigenvalue weighted by atomic mass is 35.5. The van der Waals surface area contributed by atoms with Crippen molar-refractivity contribution in [2.75, 3.05) is 5.32 Å². The molecule has 0 unspecified atom stereocenters. The Morgan fingerprint density at radius 3 is 1.88 bits per heavy atom. The number of hydrogen-bond donors (Lipinski definition) is 2. The summed E-state index contributed by atoms with van der Waals surface area (Å²) in [7, 11) is 0. The number of phenols is 1. The monoisotopic (exact) mass is 359 g/mol. The number of rotatable bonds is 2. The molecule has 0 heterocycles. The minimum atomic E-state index is -0.268. The molecule has 0 spiro atoms. The Labute approximate surface area is 155 Å². The summed E-state index contributed by atoms with van der Waals surface area (Å²) < 4.78 is 0. The molecule has 2 aromatic rings. The van der Waals surface area contributed by atoms with Crippen LogP contribution in [0.1, 0.15) is 63.0 Å². The highest BCUT2D eigenvalue weighted by molar-refractivity contribution is 6.34. The Kier molecular flexibility index (Phi) is 5.19. The minimum absolute atomic E-state index is 0.255. The standard InChI is InChI=1S/C21H26ClNO2/c1-20(2,3)15-11-13(12-16(18(15)24)21(4,5)6)23-19(25)14-9-7-8-10-17(14)22/h7-12,24H,1-6H3,(H,23,25). The van der Waals surface area contributed by atoms with Crippen molar-refractivity contribution in [1.29, 1.82) is 0 Å². The van der Waals surface area contributed by atoms with E-state index in [0.29, 0.717) is 16.3 Å². The first-order valence-corrected chi connectivity index (χ1v) is 8.73. The van der Waals surface area contributed by atoms with E-state index < -0.39 is 0 Å². The predicted octanol–water partition coefficient (Wildman–Crippen LogP) is 5.89. The fraction of sp³-hybridized carbons (Fsp3) is 0.381.